The minimum Gasteiger partial charge on any atom is -0.299 e. The van der Waals surface area contributed by atoms with Crippen molar-refractivity contribution in [1.29, 1.82) is 0 Å². The second-order valence-electron chi connectivity index (χ2n) is 4.82. The monoisotopic (exact) mass is 264 g/mol. The Kier molecular flexibility index (Phi) is 4.89. The third-order valence-electron chi connectivity index (χ3n) is 3.58. The van der Waals surface area contributed by atoms with E-state index in [0.29, 0.717) is 0 Å². The Bertz CT molecular complexity index is 539. The molecule has 0 unspecified atom stereocenters. The summed E-state index contributed by atoms with van der Waals surface area (Å²) in [6.45, 7) is 4.28. The molecule has 0 aliphatic rings. The number of allylic oxidation sites excluding steroid dienone is 1. The van der Waals surface area contributed by atoms with Gasteiger partial charge in [0.15, 0.2) is 0 Å². The molecule has 0 heterocycles. The lowest BCUT2D eigenvalue weighted by Crippen LogP contribution is -1.91. The smallest absolute Gasteiger partial charge is 0.143 e. The molecule has 0 amide bonds. The first-order valence-corrected chi connectivity index (χ1v) is 7.12. The number of carbonyl (C=O) groups excluding carboxylic acids is 1. The number of hydrogen-bond acceptors (Lipinski definition) is 1. The molecule has 2 aromatic carbocycles. The molecule has 0 aromatic heterocycles. The van der Waals surface area contributed by atoms with Crippen LogP contribution in [-0.2, 0) is 17.6 Å². The van der Waals surface area contributed by atoms with Crippen molar-refractivity contribution < 1.29 is 4.79 Å². The lowest BCUT2D eigenvalue weighted by Gasteiger charge is -2.09. The van der Waals surface area contributed by atoms with Gasteiger partial charge in [-0.05, 0) is 46.7 Å². The summed E-state index contributed by atoms with van der Waals surface area (Å²) >= 11 is 0. The van der Waals surface area contributed by atoms with Crippen LogP contribution in [0.2, 0.25) is 0 Å². The standard InChI is InChI=1S/C19H20O/c1-3-15-5-9-17(10-6-15)19(13-14-20)18-11-7-16(4-2)8-12-18/h5-14H,3-4H2,1-2H3. The average molecular weight is 264 g/mol. The Morgan fingerprint density at radius 3 is 1.50 bits per heavy atom. The summed E-state index contributed by atoms with van der Waals surface area (Å²) in [5.41, 5.74) is 5.75. The van der Waals surface area contributed by atoms with Crippen LogP contribution >= 0.6 is 0 Å². The topological polar surface area (TPSA) is 17.1 Å². The van der Waals surface area contributed by atoms with Gasteiger partial charge in [-0.25, -0.2) is 0 Å². The van der Waals surface area contributed by atoms with E-state index in [-0.39, 0.29) is 0 Å². The highest BCUT2D eigenvalue weighted by Crippen LogP contribution is 2.24. The van der Waals surface area contributed by atoms with Crippen molar-refractivity contribution in [3.63, 3.8) is 0 Å². The number of aryl methyl sites for hydroxylation is 2. The zero-order chi connectivity index (χ0) is 14.4. The normalized spacial score (nSPS) is 10.1. The van der Waals surface area contributed by atoms with Crippen LogP contribution < -0.4 is 0 Å². The molecule has 0 radical (unpaired) electrons. The molecule has 0 fully saturated rings. The van der Waals surface area contributed by atoms with Gasteiger partial charge in [-0.3, -0.25) is 4.79 Å². The van der Waals surface area contributed by atoms with E-state index in [0.717, 1.165) is 35.8 Å². The van der Waals surface area contributed by atoms with Crippen LogP contribution in [0.25, 0.3) is 5.57 Å². The molecule has 20 heavy (non-hydrogen) atoms. The fraction of sp³-hybridized carbons (Fsp3) is 0.211. The number of carbonyl (C=O) groups is 1. The van der Waals surface area contributed by atoms with Crippen LogP contribution in [0.3, 0.4) is 0 Å². The fourth-order valence-corrected chi connectivity index (χ4v) is 2.27. The van der Waals surface area contributed by atoms with Crippen LogP contribution in [0.15, 0.2) is 54.6 Å². The summed E-state index contributed by atoms with van der Waals surface area (Å²) in [4.78, 5) is 10.9. The lowest BCUT2D eigenvalue weighted by molar-refractivity contribution is -0.104. The van der Waals surface area contributed by atoms with E-state index in [1.807, 2.05) is 0 Å². The van der Waals surface area contributed by atoms with Crippen molar-refractivity contribution in [3.05, 3.63) is 76.9 Å². The molecule has 1 heteroatoms. The minimum absolute atomic E-state index is 0.858. The van der Waals surface area contributed by atoms with E-state index in [1.165, 1.54) is 11.1 Å². The Morgan fingerprint density at radius 1 is 0.800 bits per heavy atom. The van der Waals surface area contributed by atoms with Crippen molar-refractivity contribution in [2.45, 2.75) is 26.7 Å². The van der Waals surface area contributed by atoms with Gasteiger partial charge in [-0.2, -0.15) is 0 Å². The molecule has 0 aliphatic heterocycles. The van der Waals surface area contributed by atoms with E-state index in [1.54, 1.807) is 6.08 Å². The van der Waals surface area contributed by atoms with E-state index in [4.69, 9.17) is 0 Å². The second-order valence-corrected chi connectivity index (χ2v) is 4.82. The number of hydrogen-bond donors (Lipinski definition) is 0. The maximum atomic E-state index is 10.9. The van der Waals surface area contributed by atoms with Crippen LogP contribution in [-0.4, -0.2) is 6.29 Å². The fourth-order valence-electron chi connectivity index (χ4n) is 2.27. The Labute approximate surface area is 121 Å². The molecule has 0 saturated carbocycles. The second kappa shape index (κ2) is 6.85. The van der Waals surface area contributed by atoms with Crippen molar-refractivity contribution in [2.75, 3.05) is 0 Å². The molecule has 0 spiro atoms. The Morgan fingerprint density at radius 2 is 1.20 bits per heavy atom. The van der Waals surface area contributed by atoms with Gasteiger partial charge in [-0.15, -0.1) is 0 Å². The zero-order valence-corrected chi connectivity index (χ0v) is 12.1. The molecule has 0 bridgehead atoms. The van der Waals surface area contributed by atoms with Gasteiger partial charge in [0, 0.05) is 0 Å². The molecule has 102 valence electrons. The maximum absolute atomic E-state index is 10.9. The van der Waals surface area contributed by atoms with Crippen molar-refractivity contribution in [3.8, 4) is 0 Å². The van der Waals surface area contributed by atoms with Crippen molar-refractivity contribution in [1.82, 2.24) is 0 Å². The first-order valence-electron chi connectivity index (χ1n) is 7.12. The van der Waals surface area contributed by atoms with Crippen molar-refractivity contribution >= 4 is 11.9 Å². The van der Waals surface area contributed by atoms with Crippen LogP contribution in [0, 0.1) is 0 Å². The predicted octanol–water partition coefficient (Wildman–Crippen LogP) is 4.44. The van der Waals surface area contributed by atoms with E-state index >= 15 is 0 Å². The number of aldehydes is 1. The Balaban J connectivity index is 2.39. The lowest BCUT2D eigenvalue weighted by atomic mass is 9.95. The van der Waals surface area contributed by atoms with Crippen molar-refractivity contribution in [2.24, 2.45) is 0 Å². The average Bonchev–Trinajstić information content (AvgIpc) is 2.53. The predicted molar refractivity (Wildman–Crippen MR) is 84.8 cm³/mol. The van der Waals surface area contributed by atoms with E-state index < -0.39 is 0 Å². The molecule has 0 N–H and O–H groups in total. The third kappa shape index (κ3) is 3.24. The van der Waals surface area contributed by atoms with Gasteiger partial charge < -0.3 is 0 Å². The van der Waals surface area contributed by atoms with Crippen LogP contribution in [0.1, 0.15) is 36.1 Å². The highest BCUT2D eigenvalue weighted by atomic mass is 16.1. The molecular formula is C19H20O. The molecule has 2 rings (SSSR count). The van der Waals surface area contributed by atoms with Gasteiger partial charge in [0.2, 0.25) is 0 Å². The van der Waals surface area contributed by atoms with Crippen LogP contribution in [0.5, 0.6) is 0 Å². The first kappa shape index (κ1) is 14.3. The summed E-state index contributed by atoms with van der Waals surface area (Å²) < 4.78 is 0. The van der Waals surface area contributed by atoms with Gasteiger partial charge in [0.05, 0.1) is 0 Å². The third-order valence-corrected chi connectivity index (χ3v) is 3.58. The van der Waals surface area contributed by atoms with Gasteiger partial charge in [0.25, 0.3) is 0 Å². The molecule has 2 aromatic rings. The van der Waals surface area contributed by atoms with Gasteiger partial charge >= 0.3 is 0 Å². The Hall–Kier alpha value is -2.15. The summed E-state index contributed by atoms with van der Waals surface area (Å²) in [5.74, 6) is 0. The molecular weight excluding hydrogens is 244 g/mol. The summed E-state index contributed by atoms with van der Waals surface area (Å²) in [6.07, 6.45) is 4.55. The summed E-state index contributed by atoms with van der Waals surface area (Å²) in [7, 11) is 0. The number of rotatable bonds is 5. The van der Waals surface area contributed by atoms with Gasteiger partial charge in [-0.1, -0.05) is 62.4 Å². The highest BCUT2D eigenvalue weighted by molar-refractivity contribution is 5.89. The zero-order valence-electron chi connectivity index (χ0n) is 12.1. The summed E-state index contributed by atoms with van der Waals surface area (Å²) in [6, 6.07) is 16.8. The molecule has 0 saturated heterocycles. The van der Waals surface area contributed by atoms with E-state index in [9.17, 15) is 4.79 Å². The SMILES string of the molecule is CCc1ccc(C(=CC=O)c2ccc(CC)cc2)cc1. The largest absolute Gasteiger partial charge is 0.299 e. The first-order chi connectivity index (χ1) is 9.78. The number of benzene rings is 2. The van der Waals surface area contributed by atoms with Gasteiger partial charge in [0.1, 0.15) is 6.29 Å². The maximum Gasteiger partial charge on any atom is 0.143 e. The molecule has 0 aliphatic carbocycles. The minimum atomic E-state index is 0.858. The van der Waals surface area contributed by atoms with E-state index in [2.05, 4.69) is 62.4 Å². The molecule has 0 atom stereocenters. The highest BCUT2D eigenvalue weighted by Gasteiger charge is 2.05. The van der Waals surface area contributed by atoms with Crippen LogP contribution in [0.4, 0.5) is 0 Å². The summed E-state index contributed by atoms with van der Waals surface area (Å²) in [5, 5.41) is 0. The quantitative estimate of drug-likeness (QED) is 0.576. The molecule has 1 nitrogen and oxygen atoms in total.